The smallest absolute Gasteiger partial charge is 0.378 e. The van der Waals surface area contributed by atoms with Gasteiger partial charge in [0.15, 0.2) is 0 Å². The Kier molecular flexibility index (Phi) is 6.31. The van der Waals surface area contributed by atoms with Crippen LogP contribution in [0.2, 0.25) is 5.02 Å². The molecule has 0 spiro atoms. The number of amides is 1. The number of nitrogens with zero attached hydrogens (tertiary/aromatic N) is 1. The molecular formula is C15H18ClF3N2O3. The quantitative estimate of drug-likeness (QED) is 0.870. The first-order valence-corrected chi connectivity index (χ1v) is 7.76. The summed E-state index contributed by atoms with van der Waals surface area (Å²) in [5.74, 6) is -0.670. The number of nitrogens with one attached hydrogen (secondary N) is 1. The van der Waals surface area contributed by atoms with Gasteiger partial charge in [-0.25, -0.2) is 0 Å². The number of halogens is 4. The van der Waals surface area contributed by atoms with Crippen molar-refractivity contribution in [2.24, 2.45) is 0 Å². The molecule has 1 amide bonds. The SMILES string of the molecule is C[C@H](OCC(F)(F)F)C(=O)Nc1cccc(Cl)c1N1CCOCC1. The van der Waals surface area contributed by atoms with Gasteiger partial charge in [-0.05, 0) is 19.1 Å². The second-order valence-electron chi connectivity index (χ2n) is 5.29. The number of anilines is 2. The first kappa shape index (κ1) is 18.8. The number of alkyl halides is 3. The van der Waals surface area contributed by atoms with E-state index < -0.39 is 24.8 Å². The highest BCUT2D eigenvalue weighted by molar-refractivity contribution is 6.34. The van der Waals surface area contributed by atoms with E-state index in [1.807, 2.05) is 4.90 Å². The van der Waals surface area contributed by atoms with E-state index in [2.05, 4.69) is 10.1 Å². The van der Waals surface area contributed by atoms with Crippen LogP contribution in [0.5, 0.6) is 0 Å². The summed E-state index contributed by atoms with van der Waals surface area (Å²) in [4.78, 5) is 14.0. The highest BCUT2D eigenvalue weighted by atomic mass is 35.5. The third-order valence-corrected chi connectivity index (χ3v) is 3.74. The zero-order chi connectivity index (χ0) is 17.7. The Labute approximate surface area is 142 Å². The van der Waals surface area contributed by atoms with Crippen molar-refractivity contribution >= 4 is 28.9 Å². The predicted molar refractivity (Wildman–Crippen MR) is 84.6 cm³/mol. The lowest BCUT2D eigenvalue weighted by Gasteiger charge is -2.31. The fourth-order valence-electron chi connectivity index (χ4n) is 2.25. The zero-order valence-corrected chi connectivity index (χ0v) is 13.8. The number of ether oxygens (including phenoxy) is 2. The molecule has 1 atom stereocenters. The van der Waals surface area contributed by atoms with Gasteiger partial charge in [-0.3, -0.25) is 4.79 Å². The van der Waals surface area contributed by atoms with Crippen LogP contribution in [0.15, 0.2) is 18.2 Å². The molecule has 2 rings (SSSR count). The molecule has 24 heavy (non-hydrogen) atoms. The molecule has 1 fully saturated rings. The van der Waals surface area contributed by atoms with Crippen LogP contribution >= 0.6 is 11.6 Å². The van der Waals surface area contributed by atoms with Crippen molar-refractivity contribution in [1.29, 1.82) is 0 Å². The molecule has 1 aliphatic heterocycles. The third kappa shape index (κ3) is 5.25. The summed E-state index contributed by atoms with van der Waals surface area (Å²) in [5, 5.41) is 3.03. The Morgan fingerprint density at radius 1 is 1.42 bits per heavy atom. The molecule has 1 saturated heterocycles. The van der Waals surface area contributed by atoms with Crippen molar-refractivity contribution in [3.63, 3.8) is 0 Å². The molecule has 1 aromatic rings. The maximum atomic E-state index is 12.2. The number of carbonyl (C=O) groups excluding carboxylic acids is 1. The van der Waals surface area contributed by atoms with E-state index in [1.54, 1.807) is 18.2 Å². The lowest BCUT2D eigenvalue weighted by atomic mass is 10.2. The van der Waals surface area contributed by atoms with Gasteiger partial charge in [0, 0.05) is 13.1 Å². The number of hydrogen-bond acceptors (Lipinski definition) is 4. The Balaban J connectivity index is 2.08. The van der Waals surface area contributed by atoms with Gasteiger partial charge in [0.05, 0.1) is 29.6 Å². The molecule has 9 heteroatoms. The average molecular weight is 367 g/mol. The fraction of sp³-hybridized carbons (Fsp3) is 0.533. The Morgan fingerprint density at radius 3 is 2.71 bits per heavy atom. The minimum Gasteiger partial charge on any atom is -0.378 e. The first-order chi connectivity index (χ1) is 11.3. The minimum atomic E-state index is -4.48. The maximum absolute atomic E-state index is 12.2. The van der Waals surface area contributed by atoms with Crippen molar-refractivity contribution in [2.45, 2.75) is 19.2 Å². The van der Waals surface area contributed by atoms with Gasteiger partial charge in [0.1, 0.15) is 12.7 Å². The Bertz CT molecular complexity index is 578. The van der Waals surface area contributed by atoms with Gasteiger partial charge in [-0.1, -0.05) is 17.7 Å². The molecule has 0 saturated carbocycles. The van der Waals surface area contributed by atoms with Crippen LogP contribution in [-0.4, -0.2) is 51.1 Å². The molecule has 1 aliphatic rings. The van der Waals surface area contributed by atoms with Crippen molar-refractivity contribution in [1.82, 2.24) is 0 Å². The molecule has 1 heterocycles. The average Bonchev–Trinajstić information content (AvgIpc) is 2.53. The predicted octanol–water partition coefficient (Wildman–Crippen LogP) is 3.08. The summed E-state index contributed by atoms with van der Waals surface area (Å²) in [6.45, 7) is 2.06. The summed E-state index contributed by atoms with van der Waals surface area (Å²) in [7, 11) is 0. The number of carbonyl (C=O) groups is 1. The maximum Gasteiger partial charge on any atom is 0.411 e. The van der Waals surface area contributed by atoms with Gasteiger partial charge in [0.2, 0.25) is 0 Å². The zero-order valence-electron chi connectivity index (χ0n) is 13.0. The van der Waals surface area contributed by atoms with Gasteiger partial charge in [-0.2, -0.15) is 13.2 Å². The number of rotatable bonds is 5. The van der Waals surface area contributed by atoms with Crippen LogP contribution in [0.3, 0.4) is 0 Å². The molecule has 134 valence electrons. The second kappa shape index (κ2) is 8.04. The molecule has 1 aromatic carbocycles. The molecule has 1 N–H and O–H groups in total. The third-order valence-electron chi connectivity index (χ3n) is 3.44. The molecule has 0 radical (unpaired) electrons. The monoisotopic (exact) mass is 366 g/mol. The van der Waals surface area contributed by atoms with Crippen LogP contribution in [-0.2, 0) is 14.3 Å². The Morgan fingerprint density at radius 2 is 2.08 bits per heavy atom. The summed E-state index contributed by atoms with van der Waals surface area (Å²) < 4.78 is 46.4. The molecule has 0 bridgehead atoms. The highest BCUT2D eigenvalue weighted by Gasteiger charge is 2.30. The van der Waals surface area contributed by atoms with Crippen LogP contribution < -0.4 is 10.2 Å². The lowest BCUT2D eigenvalue weighted by molar-refractivity contribution is -0.184. The summed E-state index contributed by atoms with van der Waals surface area (Å²) in [6, 6.07) is 4.99. The van der Waals surface area contributed by atoms with Crippen molar-refractivity contribution < 1.29 is 27.4 Å². The lowest BCUT2D eigenvalue weighted by Crippen LogP contribution is -2.37. The number of morpholine rings is 1. The summed E-state index contributed by atoms with van der Waals surface area (Å²) in [5.41, 5.74) is 1.05. The van der Waals surface area contributed by atoms with Crippen molar-refractivity contribution in [3.8, 4) is 0 Å². The van der Waals surface area contributed by atoms with Gasteiger partial charge < -0.3 is 19.7 Å². The van der Waals surface area contributed by atoms with E-state index >= 15 is 0 Å². The van der Waals surface area contributed by atoms with Crippen molar-refractivity contribution in [2.75, 3.05) is 43.1 Å². The van der Waals surface area contributed by atoms with E-state index in [9.17, 15) is 18.0 Å². The molecular weight excluding hydrogens is 349 g/mol. The van der Waals surface area contributed by atoms with Gasteiger partial charge >= 0.3 is 6.18 Å². The topological polar surface area (TPSA) is 50.8 Å². The molecule has 0 unspecified atom stereocenters. The normalized spacial score (nSPS) is 16.8. The van der Waals surface area contributed by atoms with Crippen LogP contribution in [0.4, 0.5) is 24.5 Å². The summed E-state index contributed by atoms with van der Waals surface area (Å²) in [6.07, 6.45) is -5.73. The number of para-hydroxylation sites is 1. The van der Waals surface area contributed by atoms with Gasteiger partial charge in [-0.15, -0.1) is 0 Å². The molecule has 0 aromatic heterocycles. The molecule has 5 nitrogen and oxygen atoms in total. The number of benzene rings is 1. The summed E-state index contributed by atoms with van der Waals surface area (Å²) >= 11 is 6.23. The fourth-order valence-corrected chi connectivity index (χ4v) is 2.55. The van der Waals surface area contributed by atoms with Crippen LogP contribution in [0.1, 0.15) is 6.92 Å². The largest absolute Gasteiger partial charge is 0.411 e. The van der Waals surface area contributed by atoms with E-state index in [-0.39, 0.29) is 0 Å². The van der Waals surface area contributed by atoms with E-state index in [1.165, 1.54) is 6.92 Å². The number of hydrogen-bond donors (Lipinski definition) is 1. The van der Waals surface area contributed by atoms with Crippen LogP contribution in [0.25, 0.3) is 0 Å². The minimum absolute atomic E-state index is 0.428. The standard InChI is InChI=1S/C15H18ClF3N2O3/c1-10(24-9-15(17,18)19)14(22)20-12-4-2-3-11(16)13(12)21-5-7-23-8-6-21/h2-4,10H,5-9H2,1H3,(H,20,22)/t10-/m0/s1. The Hall–Kier alpha value is -1.51. The first-order valence-electron chi connectivity index (χ1n) is 7.38. The van der Waals surface area contributed by atoms with Gasteiger partial charge in [0.25, 0.3) is 5.91 Å². The van der Waals surface area contributed by atoms with E-state index in [0.29, 0.717) is 42.7 Å². The van der Waals surface area contributed by atoms with Crippen LogP contribution in [0, 0.1) is 0 Å². The highest BCUT2D eigenvalue weighted by Crippen LogP contribution is 2.34. The second-order valence-corrected chi connectivity index (χ2v) is 5.70. The van der Waals surface area contributed by atoms with E-state index in [4.69, 9.17) is 16.3 Å². The van der Waals surface area contributed by atoms with E-state index in [0.717, 1.165) is 0 Å². The molecule has 0 aliphatic carbocycles. The van der Waals surface area contributed by atoms with Crippen molar-refractivity contribution in [3.05, 3.63) is 23.2 Å².